The fourth-order valence-corrected chi connectivity index (χ4v) is 4.01. The van der Waals surface area contributed by atoms with E-state index in [1.165, 1.54) is 57.4 Å². The molecule has 0 atom stereocenters. The zero-order valence-corrected chi connectivity index (χ0v) is 14.6. The Kier molecular flexibility index (Phi) is 5.97. The van der Waals surface area contributed by atoms with Crippen LogP contribution in [0.1, 0.15) is 37.1 Å². The topological polar surface area (TPSA) is 41.5 Å². The summed E-state index contributed by atoms with van der Waals surface area (Å²) in [5, 5.41) is 0. The fraction of sp³-hybridized carbons (Fsp3) is 0.778. The van der Waals surface area contributed by atoms with Crippen molar-refractivity contribution < 1.29 is 4.74 Å². The van der Waals surface area contributed by atoms with Crippen molar-refractivity contribution in [3.63, 3.8) is 0 Å². The van der Waals surface area contributed by atoms with Gasteiger partial charge in [-0.25, -0.2) is 9.97 Å². The molecule has 1 aromatic rings. The van der Waals surface area contributed by atoms with Gasteiger partial charge in [0.25, 0.3) is 0 Å². The molecule has 2 aliphatic heterocycles. The molecule has 0 unspecified atom stereocenters. The highest BCUT2D eigenvalue weighted by Gasteiger charge is 2.28. The number of hydrogen-bond acceptors (Lipinski definition) is 5. The van der Waals surface area contributed by atoms with Crippen LogP contribution in [-0.4, -0.2) is 60.1 Å². The molecule has 0 aliphatic carbocycles. The Hall–Kier alpha value is -1.04. The number of nitrogens with zero attached hydrogens (tertiary/aromatic N) is 4. The van der Waals surface area contributed by atoms with E-state index >= 15 is 0 Å². The molecule has 0 aromatic carbocycles. The van der Waals surface area contributed by atoms with Crippen molar-refractivity contribution >= 4 is 0 Å². The minimum atomic E-state index is 0.488. The van der Waals surface area contributed by atoms with Gasteiger partial charge in [-0.1, -0.05) is 0 Å². The summed E-state index contributed by atoms with van der Waals surface area (Å²) in [5.41, 5.74) is 1.21. The summed E-state index contributed by atoms with van der Waals surface area (Å²) >= 11 is 0. The molecule has 0 radical (unpaired) electrons. The number of aromatic nitrogens is 2. The molecule has 2 fully saturated rings. The molecule has 3 rings (SSSR count). The number of methoxy groups -OCH3 is 1. The third kappa shape index (κ3) is 4.72. The van der Waals surface area contributed by atoms with Crippen molar-refractivity contribution in [2.75, 3.05) is 40.3 Å². The van der Waals surface area contributed by atoms with Gasteiger partial charge in [-0.15, -0.1) is 0 Å². The lowest BCUT2D eigenvalue weighted by molar-refractivity contribution is 0.102. The minimum Gasteiger partial charge on any atom is -0.377 e. The minimum absolute atomic E-state index is 0.488. The van der Waals surface area contributed by atoms with Crippen molar-refractivity contribution in [1.82, 2.24) is 19.8 Å². The first-order valence-corrected chi connectivity index (χ1v) is 8.94. The van der Waals surface area contributed by atoms with Crippen molar-refractivity contribution in [2.24, 2.45) is 11.8 Å². The molecule has 0 saturated carbocycles. The lowest BCUT2D eigenvalue weighted by Crippen LogP contribution is -2.39. The van der Waals surface area contributed by atoms with Gasteiger partial charge in [-0.3, -0.25) is 4.90 Å². The van der Waals surface area contributed by atoms with Gasteiger partial charge in [0.1, 0.15) is 6.61 Å². The van der Waals surface area contributed by atoms with Crippen LogP contribution < -0.4 is 0 Å². The molecule has 2 aliphatic rings. The number of piperidine rings is 2. The average molecular weight is 318 g/mol. The molecule has 5 nitrogen and oxygen atoms in total. The zero-order chi connectivity index (χ0) is 16.1. The van der Waals surface area contributed by atoms with E-state index in [1.54, 1.807) is 7.11 Å². The number of hydrogen-bond donors (Lipinski definition) is 0. The van der Waals surface area contributed by atoms with Crippen molar-refractivity contribution in [3.05, 3.63) is 23.8 Å². The first kappa shape index (κ1) is 16.8. The SMILES string of the molecule is COCc1ncc(CN2CCC(C3CCN(C)CC3)CC2)cn1. The first-order valence-electron chi connectivity index (χ1n) is 8.94. The normalized spacial score (nSPS) is 22.5. The van der Waals surface area contributed by atoms with Gasteiger partial charge < -0.3 is 9.64 Å². The Morgan fingerprint density at radius 2 is 1.57 bits per heavy atom. The second kappa shape index (κ2) is 8.18. The highest BCUT2D eigenvalue weighted by molar-refractivity contribution is 5.05. The molecule has 0 spiro atoms. The van der Waals surface area contributed by atoms with E-state index < -0.39 is 0 Å². The summed E-state index contributed by atoms with van der Waals surface area (Å²) < 4.78 is 5.06. The van der Waals surface area contributed by atoms with Crippen LogP contribution in [0.15, 0.2) is 12.4 Å². The van der Waals surface area contributed by atoms with Crippen LogP contribution in [-0.2, 0) is 17.9 Å². The van der Waals surface area contributed by atoms with Gasteiger partial charge in [0.15, 0.2) is 5.82 Å². The van der Waals surface area contributed by atoms with E-state index in [2.05, 4.69) is 26.8 Å². The van der Waals surface area contributed by atoms with Gasteiger partial charge in [0, 0.05) is 31.6 Å². The van der Waals surface area contributed by atoms with Crippen LogP contribution in [0.25, 0.3) is 0 Å². The lowest BCUT2D eigenvalue weighted by Gasteiger charge is -2.39. The van der Waals surface area contributed by atoms with Crippen LogP contribution in [0.2, 0.25) is 0 Å². The van der Waals surface area contributed by atoms with Crippen LogP contribution in [0.4, 0.5) is 0 Å². The van der Waals surface area contributed by atoms with E-state index in [9.17, 15) is 0 Å². The van der Waals surface area contributed by atoms with Crippen molar-refractivity contribution in [3.8, 4) is 0 Å². The fourth-order valence-electron chi connectivity index (χ4n) is 4.01. The third-order valence-electron chi connectivity index (χ3n) is 5.50. The maximum absolute atomic E-state index is 5.06. The van der Waals surface area contributed by atoms with Gasteiger partial charge in [-0.05, 0) is 70.7 Å². The Morgan fingerprint density at radius 1 is 1.00 bits per heavy atom. The standard InChI is InChI=1S/C18H30N4O/c1-21-7-3-16(4-8-21)17-5-9-22(10-6-17)13-15-11-19-18(14-23-2)20-12-15/h11-12,16-17H,3-10,13-14H2,1-2H3. The molecule has 0 bridgehead atoms. The summed E-state index contributed by atoms with van der Waals surface area (Å²) in [6, 6.07) is 0. The summed E-state index contributed by atoms with van der Waals surface area (Å²) in [5.74, 6) is 2.67. The Labute approximate surface area is 140 Å². The Balaban J connectivity index is 1.43. The smallest absolute Gasteiger partial charge is 0.153 e. The molecule has 3 heterocycles. The van der Waals surface area contributed by atoms with E-state index in [-0.39, 0.29) is 0 Å². The van der Waals surface area contributed by atoms with E-state index in [0.29, 0.717) is 6.61 Å². The number of ether oxygens (including phenoxy) is 1. The molecule has 0 N–H and O–H groups in total. The zero-order valence-electron chi connectivity index (χ0n) is 14.6. The molecule has 23 heavy (non-hydrogen) atoms. The lowest BCUT2D eigenvalue weighted by atomic mass is 9.79. The molecule has 5 heteroatoms. The predicted octanol–water partition coefficient (Wildman–Crippen LogP) is 2.18. The van der Waals surface area contributed by atoms with Crippen LogP contribution in [0, 0.1) is 11.8 Å². The number of likely N-dealkylation sites (tertiary alicyclic amines) is 2. The summed E-state index contributed by atoms with van der Waals surface area (Å²) in [6.07, 6.45) is 9.41. The second-order valence-electron chi connectivity index (χ2n) is 7.19. The number of rotatable bonds is 5. The maximum Gasteiger partial charge on any atom is 0.153 e. The average Bonchev–Trinajstić information content (AvgIpc) is 2.58. The summed E-state index contributed by atoms with van der Waals surface area (Å²) in [7, 11) is 3.92. The van der Waals surface area contributed by atoms with Gasteiger partial charge in [0.2, 0.25) is 0 Å². The predicted molar refractivity (Wildman–Crippen MR) is 91.0 cm³/mol. The van der Waals surface area contributed by atoms with Crippen LogP contribution in [0.5, 0.6) is 0 Å². The maximum atomic E-state index is 5.06. The molecule has 0 amide bonds. The quantitative estimate of drug-likeness (QED) is 0.832. The van der Waals surface area contributed by atoms with Gasteiger partial charge in [0.05, 0.1) is 0 Å². The second-order valence-corrected chi connectivity index (χ2v) is 7.19. The summed E-state index contributed by atoms with van der Waals surface area (Å²) in [6.45, 7) is 6.48. The molecule has 128 valence electrons. The Bertz CT molecular complexity index is 462. The van der Waals surface area contributed by atoms with E-state index in [0.717, 1.165) is 24.2 Å². The van der Waals surface area contributed by atoms with Crippen molar-refractivity contribution in [1.29, 1.82) is 0 Å². The third-order valence-corrected chi connectivity index (χ3v) is 5.50. The Morgan fingerprint density at radius 3 is 2.13 bits per heavy atom. The highest BCUT2D eigenvalue weighted by Crippen LogP contribution is 2.32. The molecular formula is C18H30N4O. The monoisotopic (exact) mass is 318 g/mol. The highest BCUT2D eigenvalue weighted by atomic mass is 16.5. The van der Waals surface area contributed by atoms with E-state index in [1.807, 2.05) is 12.4 Å². The summed E-state index contributed by atoms with van der Waals surface area (Å²) in [4.78, 5) is 13.8. The molecule has 2 saturated heterocycles. The van der Waals surface area contributed by atoms with Gasteiger partial charge >= 0.3 is 0 Å². The van der Waals surface area contributed by atoms with Crippen molar-refractivity contribution in [2.45, 2.75) is 38.8 Å². The molecule has 1 aromatic heterocycles. The van der Waals surface area contributed by atoms with Crippen LogP contribution in [0.3, 0.4) is 0 Å². The van der Waals surface area contributed by atoms with Gasteiger partial charge in [-0.2, -0.15) is 0 Å². The van der Waals surface area contributed by atoms with Crippen LogP contribution >= 0.6 is 0 Å². The largest absolute Gasteiger partial charge is 0.377 e. The molecular weight excluding hydrogens is 288 g/mol. The first-order chi connectivity index (χ1) is 11.2. The van der Waals surface area contributed by atoms with E-state index in [4.69, 9.17) is 4.74 Å².